The molecule has 0 saturated heterocycles. The number of benzene rings is 1. The lowest BCUT2D eigenvalue weighted by molar-refractivity contribution is -0.149. The standard InChI is InChI=1S/C21H29N3O2/c1-16-8-10-19(11-9-16)21(26,18-6-4-3-5-7-18)20(25)23-13-15-24-14-12-22-17(24)2/h8-12,14,18,26H,3-7,13,15H2,1-2H3,(H,23,25). The predicted molar refractivity (Wildman–Crippen MR) is 102 cm³/mol. The number of nitrogens with zero attached hydrogens (tertiary/aromatic N) is 2. The fraction of sp³-hybridized carbons (Fsp3) is 0.524. The number of hydrogen-bond donors (Lipinski definition) is 2. The summed E-state index contributed by atoms with van der Waals surface area (Å²) in [5.74, 6) is 0.597. The van der Waals surface area contributed by atoms with E-state index in [0.29, 0.717) is 18.7 Å². The van der Waals surface area contributed by atoms with Gasteiger partial charge in [-0.1, -0.05) is 49.1 Å². The molecule has 3 rings (SSSR count). The molecule has 1 aliphatic carbocycles. The fourth-order valence-corrected chi connectivity index (χ4v) is 3.94. The van der Waals surface area contributed by atoms with E-state index in [-0.39, 0.29) is 11.8 Å². The zero-order valence-corrected chi connectivity index (χ0v) is 15.7. The molecule has 0 bridgehead atoms. The topological polar surface area (TPSA) is 67.2 Å². The van der Waals surface area contributed by atoms with Crippen molar-refractivity contribution >= 4 is 5.91 Å². The summed E-state index contributed by atoms with van der Waals surface area (Å²) in [4.78, 5) is 17.3. The van der Waals surface area contributed by atoms with Gasteiger partial charge < -0.3 is 15.0 Å². The summed E-state index contributed by atoms with van der Waals surface area (Å²) in [7, 11) is 0. The van der Waals surface area contributed by atoms with Crippen molar-refractivity contribution in [3.8, 4) is 0 Å². The SMILES string of the molecule is Cc1ccc(C(O)(C(=O)NCCn2ccnc2C)C2CCCCC2)cc1. The van der Waals surface area contributed by atoms with Gasteiger partial charge in [0.05, 0.1) is 0 Å². The van der Waals surface area contributed by atoms with Gasteiger partial charge in [0.2, 0.25) is 0 Å². The van der Waals surface area contributed by atoms with E-state index in [2.05, 4.69) is 10.3 Å². The van der Waals surface area contributed by atoms with Crippen LogP contribution in [0.1, 0.15) is 49.1 Å². The molecule has 1 amide bonds. The minimum absolute atomic E-state index is 0.0334. The van der Waals surface area contributed by atoms with Gasteiger partial charge in [-0.2, -0.15) is 0 Å². The number of hydrogen-bond acceptors (Lipinski definition) is 3. The van der Waals surface area contributed by atoms with Crippen molar-refractivity contribution in [3.63, 3.8) is 0 Å². The molecule has 1 heterocycles. The highest BCUT2D eigenvalue weighted by atomic mass is 16.3. The van der Waals surface area contributed by atoms with Crippen LogP contribution in [0, 0.1) is 19.8 Å². The van der Waals surface area contributed by atoms with Gasteiger partial charge in [-0.25, -0.2) is 4.98 Å². The molecule has 0 aliphatic heterocycles. The Morgan fingerprint density at radius 1 is 1.23 bits per heavy atom. The number of nitrogens with one attached hydrogen (secondary N) is 1. The van der Waals surface area contributed by atoms with Crippen molar-refractivity contribution < 1.29 is 9.90 Å². The number of amides is 1. The minimum atomic E-state index is -1.46. The number of aryl methyl sites for hydroxylation is 2. The molecule has 2 N–H and O–H groups in total. The molecule has 5 nitrogen and oxygen atoms in total. The van der Waals surface area contributed by atoms with Gasteiger partial charge in [-0.3, -0.25) is 4.79 Å². The molecule has 140 valence electrons. The lowest BCUT2D eigenvalue weighted by Gasteiger charge is -2.37. The second kappa shape index (κ2) is 8.04. The van der Waals surface area contributed by atoms with Crippen LogP contribution in [0.5, 0.6) is 0 Å². The summed E-state index contributed by atoms with van der Waals surface area (Å²) >= 11 is 0. The maximum absolute atomic E-state index is 13.1. The number of carbonyl (C=O) groups is 1. The minimum Gasteiger partial charge on any atom is -0.375 e. The average molecular weight is 355 g/mol. The smallest absolute Gasteiger partial charge is 0.256 e. The van der Waals surface area contributed by atoms with Crippen molar-refractivity contribution in [3.05, 3.63) is 53.6 Å². The van der Waals surface area contributed by atoms with Gasteiger partial charge in [0, 0.05) is 31.4 Å². The third-order valence-electron chi connectivity index (χ3n) is 5.60. The van der Waals surface area contributed by atoms with Crippen LogP contribution in [0.3, 0.4) is 0 Å². The summed E-state index contributed by atoms with van der Waals surface area (Å²) in [6.45, 7) is 5.06. The van der Waals surface area contributed by atoms with Crippen LogP contribution >= 0.6 is 0 Å². The van der Waals surface area contributed by atoms with E-state index in [4.69, 9.17) is 0 Å². The van der Waals surface area contributed by atoms with Crippen molar-refractivity contribution in [1.29, 1.82) is 0 Å². The molecule has 1 saturated carbocycles. The first-order valence-corrected chi connectivity index (χ1v) is 9.57. The summed E-state index contributed by atoms with van der Waals surface area (Å²) in [6, 6.07) is 7.71. The highest BCUT2D eigenvalue weighted by Gasteiger charge is 2.45. The monoisotopic (exact) mass is 355 g/mol. The van der Waals surface area contributed by atoms with Crippen LogP contribution in [-0.4, -0.2) is 27.1 Å². The number of aliphatic hydroxyl groups is 1. The molecular formula is C21H29N3O2. The molecule has 1 aromatic heterocycles. The van der Waals surface area contributed by atoms with Crippen molar-refractivity contribution in [2.45, 2.75) is 58.1 Å². The summed E-state index contributed by atoms with van der Waals surface area (Å²) < 4.78 is 1.99. The molecule has 0 spiro atoms. The lowest BCUT2D eigenvalue weighted by Crippen LogP contribution is -2.50. The highest BCUT2D eigenvalue weighted by molar-refractivity contribution is 5.86. The van der Waals surface area contributed by atoms with E-state index in [1.54, 1.807) is 6.20 Å². The van der Waals surface area contributed by atoms with Crippen molar-refractivity contribution in [2.24, 2.45) is 5.92 Å². The summed E-state index contributed by atoms with van der Waals surface area (Å²) in [5, 5.41) is 14.5. The Labute approximate surface area is 155 Å². The van der Waals surface area contributed by atoms with Crippen LogP contribution in [0.4, 0.5) is 0 Å². The molecular weight excluding hydrogens is 326 g/mol. The molecule has 1 fully saturated rings. The van der Waals surface area contributed by atoms with Crippen LogP contribution < -0.4 is 5.32 Å². The summed E-state index contributed by atoms with van der Waals surface area (Å²) in [5.41, 5.74) is 0.361. The summed E-state index contributed by atoms with van der Waals surface area (Å²) in [6.07, 6.45) is 8.75. The molecule has 1 unspecified atom stereocenters. The molecule has 2 aromatic rings. The fourth-order valence-electron chi connectivity index (χ4n) is 3.94. The zero-order valence-electron chi connectivity index (χ0n) is 15.7. The second-order valence-electron chi connectivity index (χ2n) is 7.39. The third kappa shape index (κ3) is 3.83. The van der Waals surface area contributed by atoms with Crippen molar-refractivity contribution in [1.82, 2.24) is 14.9 Å². The lowest BCUT2D eigenvalue weighted by atomic mass is 9.72. The Morgan fingerprint density at radius 3 is 2.54 bits per heavy atom. The van der Waals surface area contributed by atoms with Gasteiger partial charge in [-0.15, -0.1) is 0 Å². The molecule has 1 aromatic carbocycles. The maximum Gasteiger partial charge on any atom is 0.256 e. The van der Waals surface area contributed by atoms with Crippen LogP contribution in [0.2, 0.25) is 0 Å². The molecule has 1 atom stereocenters. The molecule has 26 heavy (non-hydrogen) atoms. The van der Waals surface area contributed by atoms with Crippen LogP contribution in [0.15, 0.2) is 36.7 Å². The zero-order chi connectivity index (χ0) is 18.6. The van der Waals surface area contributed by atoms with E-state index in [9.17, 15) is 9.90 Å². The van der Waals surface area contributed by atoms with E-state index in [0.717, 1.165) is 37.1 Å². The first-order valence-electron chi connectivity index (χ1n) is 9.57. The van der Waals surface area contributed by atoms with Gasteiger partial charge in [0.1, 0.15) is 5.82 Å². The largest absolute Gasteiger partial charge is 0.375 e. The molecule has 5 heteroatoms. The Balaban J connectivity index is 1.76. The van der Waals surface area contributed by atoms with Gasteiger partial charge >= 0.3 is 0 Å². The molecule has 0 radical (unpaired) electrons. The third-order valence-corrected chi connectivity index (χ3v) is 5.60. The highest BCUT2D eigenvalue weighted by Crippen LogP contribution is 2.39. The van der Waals surface area contributed by atoms with Gasteiger partial charge in [0.15, 0.2) is 5.60 Å². The number of carbonyl (C=O) groups excluding carboxylic acids is 1. The van der Waals surface area contributed by atoms with Crippen LogP contribution in [-0.2, 0) is 16.9 Å². The van der Waals surface area contributed by atoms with E-state index in [1.165, 1.54) is 6.42 Å². The Morgan fingerprint density at radius 2 is 1.92 bits per heavy atom. The first-order chi connectivity index (χ1) is 12.5. The first kappa shape index (κ1) is 18.6. The molecule has 1 aliphatic rings. The Hall–Kier alpha value is -2.14. The normalized spacial score (nSPS) is 17.7. The Bertz CT molecular complexity index is 732. The average Bonchev–Trinajstić information content (AvgIpc) is 3.07. The van der Waals surface area contributed by atoms with Crippen LogP contribution in [0.25, 0.3) is 0 Å². The van der Waals surface area contributed by atoms with Gasteiger partial charge in [-0.05, 0) is 32.3 Å². The second-order valence-corrected chi connectivity index (χ2v) is 7.39. The predicted octanol–water partition coefficient (Wildman–Crippen LogP) is 3.08. The van der Waals surface area contributed by atoms with E-state index >= 15 is 0 Å². The van der Waals surface area contributed by atoms with E-state index < -0.39 is 5.60 Å². The van der Waals surface area contributed by atoms with Gasteiger partial charge in [0.25, 0.3) is 5.91 Å². The van der Waals surface area contributed by atoms with E-state index in [1.807, 2.05) is 48.9 Å². The Kier molecular flexibility index (Phi) is 5.77. The quantitative estimate of drug-likeness (QED) is 0.837. The maximum atomic E-state index is 13.1. The number of rotatable bonds is 6. The number of aromatic nitrogens is 2. The van der Waals surface area contributed by atoms with Crippen molar-refractivity contribution in [2.75, 3.05) is 6.54 Å². The number of imidazole rings is 1.